The Kier molecular flexibility index (Phi) is 29.8. The summed E-state index contributed by atoms with van der Waals surface area (Å²) < 4.78 is 0. The third-order valence-corrected chi connectivity index (χ3v) is 11.9. The number of phenolic OH excluding ortho intramolecular Hbond substituents is 1. The largest absolute Gasteiger partial charge is 0.508 e. The molecule has 20 N–H and O–H groups in total. The van der Waals surface area contributed by atoms with E-state index in [0.29, 0.717) is 24.0 Å². The fourth-order valence-corrected chi connectivity index (χ4v) is 7.64. The molecule has 0 spiro atoms. The maximum absolute atomic E-state index is 14.6. The van der Waals surface area contributed by atoms with Crippen molar-refractivity contribution < 1.29 is 88.2 Å². The Morgan fingerprint density at radius 3 is 1.25 bits per heavy atom. The number of carbonyl (C=O) groups is 12. The summed E-state index contributed by atoms with van der Waals surface area (Å²) in [5.41, 5.74) is 17.6. The molecular formula is C50H73N11O18. The Hall–Kier alpha value is -8.28. The number of aliphatic hydroxyl groups is 1. The molecule has 8 amide bonds. The van der Waals surface area contributed by atoms with Crippen LogP contribution in [0.2, 0.25) is 0 Å². The number of nitrogens with one attached hydrogen (secondary N) is 8. The molecule has 2 aromatic carbocycles. The molecule has 0 heterocycles. The number of hydrogen-bond donors (Lipinski definition) is 17. The van der Waals surface area contributed by atoms with Crippen LogP contribution in [0.4, 0.5) is 0 Å². The number of phenols is 1. The van der Waals surface area contributed by atoms with Gasteiger partial charge in [0.1, 0.15) is 54.1 Å². The molecule has 0 fully saturated rings. The van der Waals surface area contributed by atoms with E-state index in [-0.39, 0.29) is 57.4 Å². The van der Waals surface area contributed by atoms with Crippen LogP contribution in [0, 0.1) is 0 Å². The molecule has 0 radical (unpaired) electrons. The lowest BCUT2D eigenvalue weighted by atomic mass is 10.0. The van der Waals surface area contributed by atoms with Crippen LogP contribution in [0.15, 0.2) is 54.6 Å². The zero-order chi connectivity index (χ0) is 59.2. The molecule has 0 aromatic heterocycles. The van der Waals surface area contributed by atoms with Crippen molar-refractivity contribution in [1.29, 1.82) is 0 Å². The van der Waals surface area contributed by atoms with Crippen LogP contribution in [-0.2, 0) is 70.4 Å². The van der Waals surface area contributed by atoms with E-state index >= 15 is 0 Å². The number of unbranched alkanes of at least 4 members (excludes halogenated alkanes) is 2. The van der Waals surface area contributed by atoms with Gasteiger partial charge in [0.2, 0.25) is 47.3 Å². The predicted molar refractivity (Wildman–Crippen MR) is 278 cm³/mol. The zero-order valence-corrected chi connectivity index (χ0v) is 43.5. The van der Waals surface area contributed by atoms with Crippen LogP contribution in [0.25, 0.3) is 0 Å². The number of aliphatic hydroxyl groups excluding tert-OH is 1. The quantitative estimate of drug-likeness (QED) is 0.0285. The zero-order valence-electron chi connectivity index (χ0n) is 43.5. The van der Waals surface area contributed by atoms with Crippen molar-refractivity contribution in [3.63, 3.8) is 0 Å². The topological polar surface area (TPSA) is 501 Å². The summed E-state index contributed by atoms with van der Waals surface area (Å²) in [5, 5.41) is 77.0. The van der Waals surface area contributed by atoms with E-state index in [0.717, 1.165) is 6.92 Å². The van der Waals surface area contributed by atoms with Gasteiger partial charge in [-0.15, -0.1) is 0 Å². The lowest BCUT2D eigenvalue weighted by molar-refractivity contribution is -0.144. The van der Waals surface area contributed by atoms with Crippen molar-refractivity contribution in [3.05, 3.63) is 65.7 Å². The van der Waals surface area contributed by atoms with E-state index < -0.39 is 164 Å². The smallest absolute Gasteiger partial charge is 0.326 e. The van der Waals surface area contributed by atoms with Gasteiger partial charge in [0.15, 0.2) is 0 Å². The van der Waals surface area contributed by atoms with Crippen molar-refractivity contribution in [3.8, 4) is 5.75 Å². The minimum atomic E-state index is -1.92. The molecule has 0 unspecified atom stereocenters. The third-order valence-electron chi connectivity index (χ3n) is 11.9. The summed E-state index contributed by atoms with van der Waals surface area (Å²) >= 11 is 0. The average molecular weight is 1120 g/mol. The standard InChI is InChI=1S/C50H73N11O18/c1-27(62)42(49(77)58-34(50(78)79)18-20-40(67)68)61-45(73)33(17-19-39(65)66)57-43(71)31(11-5-7-21-51)55-46(74)35(23-28-9-3-2-4-10-28)60-47(75)36(24-29-13-15-30(63)16-14-29)59-44(72)32(12-6-8-22-52)56-48(76)37(25-41(69)70)54-38(64)26-53/h2-4,9-10,13-16,27,31-37,42,62-63H,5-8,11-12,17-26,51-53H2,1H3,(H,54,64)(H,55,74)(H,56,76)(H,57,71)(H,58,77)(H,59,72)(H,60,75)(H,61,73)(H,65,66)(H,67,68)(H,69,70)(H,78,79)/t27-,31+,32+,33+,34+,35+,36+,37+,42+/m1/s1. The number of carboxylic acids is 4. The lowest BCUT2D eigenvalue weighted by Gasteiger charge is -2.28. The summed E-state index contributed by atoms with van der Waals surface area (Å²) in [6, 6.07) is 0.483. The molecule has 0 saturated carbocycles. The number of carboxylic acid groups (broad SMARTS) is 4. The molecule has 436 valence electrons. The number of aromatic hydroxyl groups is 1. The average Bonchev–Trinajstić information content (AvgIpc) is 3.39. The monoisotopic (exact) mass is 1120 g/mol. The molecule has 29 heteroatoms. The first-order valence-electron chi connectivity index (χ1n) is 25.3. The van der Waals surface area contributed by atoms with Crippen LogP contribution >= 0.6 is 0 Å². The normalized spacial score (nSPS) is 14.3. The van der Waals surface area contributed by atoms with E-state index in [4.69, 9.17) is 22.3 Å². The molecule has 0 bridgehead atoms. The summed E-state index contributed by atoms with van der Waals surface area (Å²) in [5.74, 6) is -14.4. The van der Waals surface area contributed by atoms with Crippen molar-refractivity contribution in [2.24, 2.45) is 17.2 Å². The Bertz CT molecular complexity index is 2400. The van der Waals surface area contributed by atoms with Gasteiger partial charge in [0, 0.05) is 25.7 Å². The molecule has 0 aliphatic heterocycles. The van der Waals surface area contributed by atoms with E-state index in [2.05, 4.69) is 37.2 Å². The van der Waals surface area contributed by atoms with Crippen molar-refractivity contribution in [1.82, 2.24) is 42.5 Å². The highest BCUT2D eigenvalue weighted by Gasteiger charge is 2.36. The summed E-state index contributed by atoms with van der Waals surface area (Å²) in [6.07, 6.45) is -4.86. The summed E-state index contributed by atoms with van der Waals surface area (Å²) in [6.45, 7) is 0.787. The number of amides is 8. The summed E-state index contributed by atoms with van der Waals surface area (Å²) in [4.78, 5) is 156. The van der Waals surface area contributed by atoms with Gasteiger partial charge >= 0.3 is 23.9 Å². The molecule has 9 atom stereocenters. The van der Waals surface area contributed by atoms with Crippen LogP contribution < -0.4 is 59.7 Å². The molecule has 2 aromatic rings. The van der Waals surface area contributed by atoms with Crippen LogP contribution in [0.3, 0.4) is 0 Å². The Balaban J connectivity index is 2.60. The number of hydrogen-bond acceptors (Lipinski definition) is 17. The number of benzene rings is 2. The van der Waals surface area contributed by atoms with E-state index in [1.807, 2.05) is 5.32 Å². The van der Waals surface area contributed by atoms with E-state index in [1.165, 1.54) is 24.3 Å². The molecule has 0 aliphatic rings. The molecule has 0 aliphatic carbocycles. The van der Waals surface area contributed by atoms with Gasteiger partial charge in [-0.1, -0.05) is 42.5 Å². The van der Waals surface area contributed by atoms with Gasteiger partial charge in [-0.3, -0.25) is 52.7 Å². The number of nitrogens with two attached hydrogens (primary N) is 3. The van der Waals surface area contributed by atoms with Crippen LogP contribution in [0.5, 0.6) is 5.75 Å². The van der Waals surface area contributed by atoms with Gasteiger partial charge in [-0.25, -0.2) is 4.79 Å². The van der Waals surface area contributed by atoms with Gasteiger partial charge in [-0.05, 0) is 94.6 Å². The minimum Gasteiger partial charge on any atom is -0.508 e. The van der Waals surface area contributed by atoms with Gasteiger partial charge in [0.05, 0.1) is 19.1 Å². The highest BCUT2D eigenvalue weighted by Crippen LogP contribution is 2.14. The van der Waals surface area contributed by atoms with Gasteiger partial charge in [0.25, 0.3) is 0 Å². The molecular weight excluding hydrogens is 1040 g/mol. The first kappa shape index (κ1) is 66.8. The van der Waals surface area contributed by atoms with Gasteiger partial charge in [-0.2, -0.15) is 0 Å². The van der Waals surface area contributed by atoms with Gasteiger partial charge < -0.3 is 90.4 Å². The minimum absolute atomic E-state index is 0.0850. The maximum Gasteiger partial charge on any atom is 0.326 e. The predicted octanol–water partition coefficient (Wildman–Crippen LogP) is -4.06. The number of aliphatic carboxylic acids is 4. The lowest BCUT2D eigenvalue weighted by Crippen LogP contribution is -2.61. The van der Waals surface area contributed by atoms with E-state index in [9.17, 15) is 83.1 Å². The van der Waals surface area contributed by atoms with Crippen molar-refractivity contribution in [2.45, 2.75) is 145 Å². The molecule has 29 nitrogen and oxygen atoms in total. The Labute approximate surface area is 453 Å². The van der Waals surface area contributed by atoms with E-state index in [1.54, 1.807) is 30.3 Å². The van der Waals surface area contributed by atoms with Crippen molar-refractivity contribution >= 4 is 71.1 Å². The fraction of sp³-hybridized carbons (Fsp3) is 0.520. The van der Waals surface area contributed by atoms with Crippen LogP contribution in [-0.4, -0.2) is 176 Å². The molecule has 79 heavy (non-hydrogen) atoms. The molecule has 2 rings (SSSR count). The third kappa shape index (κ3) is 25.6. The second kappa shape index (κ2) is 35.2. The second-order valence-electron chi connectivity index (χ2n) is 18.3. The Morgan fingerprint density at radius 2 is 0.835 bits per heavy atom. The number of carbonyl (C=O) groups excluding carboxylic acids is 8. The maximum atomic E-state index is 14.6. The molecule has 0 saturated heterocycles. The highest BCUT2D eigenvalue weighted by molar-refractivity contribution is 5.98. The summed E-state index contributed by atoms with van der Waals surface area (Å²) in [7, 11) is 0. The second-order valence-corrected chi connectivity index (χ2v) is 18.3. The number of rotatable bonds is 38. The first-order chi connectivity index (χ1) is 37.4. The highest BCUT2D eigenvalue weighted by atomic mass is 16.4. The first-order valence-corrected chi connectivity index (χ1v) is 25.3. The SMILES string of the molecule is C[C@@H](O)[C@H](NC(=O)[C@H](CCC(=O)O)NC(=O)[C@H](CCCCN)NC(=O)[C@H](Cc1ccccc1)NC(=O)[C@H](Cc1ccc(O)cc1)NC(=O)[C@H](CCCCN)NC(=O)[C@H](CC(=O)O)NC(=O)CN)C(=O)N[C@@H](CCC(=O)O)C(=O)O. The van der Waals surface area contributed by atoms with Crippen molar-refractivity contribution in [2.75, 3.05) is 19.6 Å². The fourth-order valence-electron chi connectivity index (χ4n) is 7.64. The Morgan fingerprint density at radius 1 is 0.443 bits per heavy atom. The van der Waals surface area contributed by atoms with Crippen LogP contribution in [0.1, 0.15) is 88.7 Å².